The molecule has 1 rings (SSSR count). The monoisotopic (exact) mass is 154 g/mol. The highest BCUT2D eigenvalue weighted by atomic mass is 15.2. The van der Waals surface area contributed by atoms with E-state index in [4.69, 9.17) is 0 Å². The van der Waals surface area contributed by atoms with Crippen molar-refractivity contribution in [2.75, 3.05) is 19.8 Å². The van der Waals surface area contributed by atoms with Gasteiger partial charge >= 0.3 is 0 Å². The Morgan fingerprint density at radius 1 is 1.55 bits per heavy atom. The molecule has 0 aromatic rings. The summed E-state index contributed by atoms with van der Waals surface area (Å²) in [7, 11) is 0. The predicted octanol–water partition coefficient (Wildman–Crippen LogP) is 1.05. The molecule has 1 unspecified atom stereocenters. The van der Waals surface area contributed by atoms with Gasteiger partial charge in [-0.25, -0.2) is 0 Å². The highest BCUT2D eigenvalue weighted by Crippen LogP contribution is 2.01. The molecule has 4 nitrogen and oxygen atoms in total. The van der Waals surface area contributed by atoms with Gasteiger partial charge in [-0.2, -0.15) is 10.2 Å². The van der Waals surface area contributed by atoms with Crippen LogP contribution in [0.15, 0.2) is 15.2 Å². The van der Waals surface area contributed by atoms with Gasteiger partial charge in [-0.05, 0) is 12.3 Å². The van der Waals surface area contributed by atoms with Crippen LogP contribution in [0.4, 0.5) is 0 Å². The molecule has 1 N–H and O–H groups in total. The van der Waals surface area contributed by atoms with Crippen molar-refractivity contribution in [1.29, 1.82) is 0 Å². The number of nitrogens with zero attached hydrogens (tertiary/aromatic N) is 3. The lowest BCUT2D eigenvalue weighted by atomic mass is 10.1. The van der Waals surface area contributed by atoms with Gasteiger partial charge in [0.2, 0.25) is 0 Å². The summed E-state index contributed by atoms with van der Waals surface area (Å²) in [5.41, 5.74) is 0. The molecular formula is C7H14N4. The van der Waals surface area contributed by atoms with Crippen molar-refractivity contribution in [3.63, 3.8) is 0 Å². The van der Waals surface area contributed by atoms with Crippen LogP contribution in [0, 0.1) is 5.92 Å². The van der Waals surface area contributed by atoms with E-state index in [-0.39, 0.29) is 0 Å². The van der Waals surface area contributed by atoms with Gasteiger partial charge in [0, 0.05) is 6.54 Å². The summed E-state index contributed by atoms with van der Waals surface area (Å²) in [4.78, 5) is 3.96. The minimum Gasteiger partial charge on any atom is -0.376 e. The summed E-state index contributed by atoms with van der Waals surface area (Å²) in [6, 6.07) is 0. The summed E-state index contributed by atoms with van der Waals surface area (Å²) in [5.74, 6) is 0.600. The van der Waals surface area contributed by atoms with E-state index in [1.165, 1.54) is 0 Å². The fourth-order valence-electron chi connectivity index (χ4n) is 0.917. The Bertz CT molecular complexity index is 153. The second kappa shape index (κ2) is 4.82. The molecule has 0 saturated carbocycles. The first-order valence-electron chi connectivity index (χ1n) is 3.98. The van der Waals surface area contributed by atoms with Crippen LogP contribution in [0.3, 0.4) is 0 Å². The molecule has 0 amide bonds. The average molecular weight is 154 g/mol. The molecule has 62 valence electrons. The van der Waals surface area contributed by atoms with Gasteiger partial charge in [-0.1, -0.05) is 6.92 Å². The Morgan fingerprint density at radius 3 is 3.27 bits per heavy atom. The van der Waals surface area contributed by atoms with Crippen LogP contribution in [0.1, 0.15) is 13.3 Å². The van der Waals surface area contributed by atoms with Crippen molar-refractivity contribution in [3.05, 3.63) is 0 Å². The quantitative estimate of drug-likeness (QED) is 0.603. The van der Waals surface area contributed by atoms with Gasteiger partial charge in [-0.3, -0.25) is 4.99 Å². The topological polar surface area (TPSA) is 49.1 Å². The third kappa shape index (κ3) is 3.11. The maximum Gasteiger partial charge on any atom is 0.151 e. The lowest BCUT2D eigenvalue weighted by molar-refractivity contribution is 0.506. The van der Waals surface area contributed by atoms with Crippen LogP contribution in [-0.2, 0) is 0 Å². The van der Waals surface area contributed by atoms with E-state index in [1.807, 2.05) is 0 Å². The molecule has 1 aliphatic rings. The number of rotatable bonds is 1. The number of nitrogens with one attached hydrogen (secondary N) is 1. The molecule has 11 heavy (non-hydrogen) atoms. The van der Waals surface area contributed by atoms with Crippen molar-refractivity contribution in [2.45, 2.75) is 13.3 Å². The first-order valence-corrected chi connectivity index (χ1v) is 3.98. The number of azo groups is 1. The normalized spacial score (nSPS) is 25.0. The van der Waals surface area contributed by atoms with Gasteiger partial charge < -0.3 is 5.32 Å². The number of hydrogen-bond donors (Lipinski definition) is 1. The summed E-state index contributed by atoms with van der Waals surface area (Å²) < 4.78 is 0. The SMILES string of the molecule is CCC1CN=NCN=CNC1. The summed E-state index contributed by atoms with van der Waals surface area (Å²) in [6.45, 7) is 4.41. The van der Waals surface area contributed by atoms with Crippen LogP contribution in [-0.4, -0.2) is 26.1 Å². The molecule has 1 heterocycles. The second-order valence-electron chi connectivity index (χ2n) is 2.60. The molecule has 0 aromatic carbocycles. The molecule has 0 saturated heterocycles. The van der Waals surface area contributed by atoms with Crippen molar-refractivity contribution in [3.8, 4) is 0 Å². The predicted molar refractivity (Wildman–Crippen MR) is 44.9 cm³/mol. The van der Waals surface area contributed by atoms with Crippen LogP contribution in [0.2, 0.25) is 0 Å². The van der Waals surface area contributed by atoms with Gasteiger partial charge in [0.25, 0.3) is 0 Å². The van der Waals surface area contributed by atoms with E-state index in [0.29, 0.717) is 12.6 Å². The fourth-order valence-corrected chi connectivity index (χ4v) is 0.917. The molecule has 0 fully saturated rings. The first-order chi connectivity index (χ1) is 5.43. The highest BCUT2D eigenvalue weighted by Gasteiger charge is 2.03. The van der Waals surface area contributed by atoms with E-state index in [1.54, 1.807) is 6.34 Å². The smallest absolute Gasteiger partial charge is 0.151 e. The van der Waals surface area contributed by atoms with E-state index >= 15 is 0 Å². The molecule has 0 aromatic heterocycles. The molecule has 1 aliphatic heterocycles. The maximum atomic E-state index is 4.01. The van der Waals surface area contributed by atoms with Gasteiger partial charge in [0.05, 0.1) is 12.9 Å². The Morgan fingerprint density at radius 2 is 2.45 bits per heavy atom. The van der Waals surface area contributed by atoms with Crippen LogP contribution >= 0.6 is 0 Å². The molecule has 0 bridgehead atoms. The standard InChI is InChI=1S/C7H14N4/c1-2-7-3-8-5-9-6-11-10-4-7/h5,7H,2-4,6H2,1H3,(H,8,9). The fraction of sp³-hybridized carbons (Fsp3) is 0.857. The Labute approximate surface area is 66.8 Å². The average Bonchev–Trinajstić information content (AvgIpc) is 2.16. The first kappa shape index (κ1) is 8.17. The number of aliphatic imine (C=N–C) groups is 1. The maximum absolute atomic E-state index is 4.01. The van der Waals surface area contributed by atoms with Crippen molar-refractivity contribution in [2.24, 2.45) is 21.1 Å². The zero-order valence-corrected chi connectivity index (χ0v) is 6.82. The molecule has 0 radical (unpaired) electrons. The third-order valence-electron chi connectivity index (χ3n) is 1.75. The van der Waals surface area contributed by atoms with Gasteiger partial charge in [0.1, 0.15) is 0 Å². The van der Waals surface area contributed by atoms with E-state index in [9.17, 15) is 0 Å². The van der Waals surface area contributed by atoms with Gasteiger partial charge in [0.15, 0.2) is 6.67 Å². The second-order valence-corrected chi connectivity index (χ2v) is 2.60. The summed E-state index contributed by atoms with van der Waals surface area (Å²) in [5, 5.41) is 11.0. The van der Waals surface area contributed by atoms with Crippen molar-refractivity contribution in [1.82, 2.24) is 5.32 Å². The minimum absolute atomic E-state index is 0.462. The van der Waals surface area contributed by atoms with Crippen molar-refractivity contribution < 1.29 is 0 Å². The van der Waals surface area contributed by atoms with Crippen LogP contribution in [0.25, 0.3) is 0 Å². The van der Waals surface area contributed by atoms with Crippen LogP contribution in [0.5, 0.6) is 0 Å². The molecule has 0 aliphatic carbocycles. The minimum atomic E-state index is 0.462. The van der Waals surface area contributed by atoms with E-state index in [0.717, 1.165) is 19.5 Å². The largest absolute Gasteiger partial charge is 0.376 e. The lowest BCUT2D eigenvalue weighted by Crippen LogP contribution is -2.22. The molecular weight excluding hydrogens is 140 g/mol. The van der Waals surface area contributed by atoms with E-state index in [2.05, 4.69) is 27.5 Å². The van der Waals surface area contributed by atoms with Gasteiger partial charge in [-0.15, -0.1) is 0 Å². The summed E-state index contributed by atoms with van der Waals surface area (Å²) >= 11 is 0. The number of hydrogen-bond acceptors (Lipinski definition) is 4. The Balaban J connectivity index is 2.39. The zero-order valence-electron chi connectivity index (χ0n) is 6.82. The highest BCUT2D eigenvalue weighted by molar-refractivity contribution is 5.53. The molecule has 4 heteroatoms. The van der Waals surface area contributed by atoms with Crippen LogP contribution < -0.4 is 5.32 Å². The Hall–Kier alpha value is -0.930. The lowest BCUT2D eigenvalue weighted by Gasteiger charge is -2.09. The Kier molecular flexibility index (Phi) is 3.58. The molecule has 0 spiro atoms. The molecule has 1 atom stereocenters. The van der Waals surface area contributed by atoms with E-state index < -0.39 is 0 Å². The zero-order chi connectivity index (χ0) is 7.94. The summed E-state index contributed by atoms with van der Waals surface area (Å²) in [6.07, 6.45) is 2.85. The third-order valence-corrected chi connectivity index (χ3v) is 1.75. The van der Waals surface area contributed by atoms with Crippen molar-refractivity contribution >= 4 is 6.34 Å².